The van der Waals surface area contributed by atoms with E-state index in [-0.39, 0.29) is 36.3 Å². The highest BCUT2D eigenvalue weighted by Gasteiger charge is 2.27. The zero-order valence-electron chi connectivity index (χ0n) is 26.0. The number of benzene rings is 2. The summed E-state index contributed by atoms with van der Waals surface area (Å²) < 4.78 is 32.2. The Labute approximate surface area is 238 Å². The monoisotopic (exact) mass is 558 g/mol. The van der Waals surface area contributed by atoms with E-state index in [0.717, 1.165) is 9.36 Å². The van der Waals surface area contributed by atoms with Crippen molar-refractivity contribution in [3.63, 3.8) is 0 Å². The van der Waals surface area contributed by atoms with E-state index >= 15 is 0 Å². The highest BCUT2D eigenvalue weighted by Crippen LogP contribution is 2.25. The average molecular weight is 559 g/mol. The van der Waals surface area contributed by atoms with Crippen LogP contribution in [0.1, 0.15) is 47.4 Å². The number of ether oxygens (including phenoxy) is 1. The number of rotatable bonds is 12. The summed E-state index contributed by atoms with van der Waals surface area (Å²) >= 11 is 6.09. The number of likely N-dealkylation sites (N-methyl/N-ethyl adjacent to an activating group) is 1. The van der Waals surface area contributed by atoms with Crippen molar-refractivity contribution in [2.24, 2.45) is 12.4 Å². The molecule has 3 aromatic rings. The van der Waals surface area contributed by atoms with Gasteiger partial charge in [0.1, 0.15) is 11.4 Å². The predicted octanol–water partition coefficient (Wildman–Crippen LogP) is 4.12. The van der Waals surface area contributed by atoms with Crippen molar-refractivity contribution in [1.82, 2.24) is 19.6 Å². The van der Waals surface area contributed by atoms with Gasteiger partial charge in [-0.1, -0.05) is 43.6 Å². The number of carbonyl (C=O) groups is 2. The fourth-order valence-electron chi connectivity index (χ4n) is 4.09. The number of nitrogens with zero attached hydrogens (tertiary/aromatic N) is 3. The van der Waals surface area contributed by atoms with Crippen molar-refractivity contribution in [3.8, 4) is 11.4 Å². The van der Waals surface area contributed by atoms with E-state index in [1.807, 2.05) is 25.9 Å². The summed E-state index contributed by atoms with van der Waals surface area (Å²) in [7, 11) is 3.67. The van der Waals surface area contributed by atoms with Gasteiger partial charge in [-0.25, -0.2) is 4.68 Å². The largest absolute Gasteiger partial charge is 0.493 e. The van der Waals surface area contributed by atoms with Crippen molar-refractivity contribution < 1.29 is 18.4 Å². The lowest BCUT2D eigenvalue weighted by Gasteiger charge is -2.24. The van der Waals surface area contributed by atoms with Crippen LogP contribution >= 0.6 is 11.6 Å². The number of nitrogens with one attached hydrogen (secondary N) is 2. The molecule has 10 heteroatoms. The van der Waals surface area contributed by atoms with Crippen LogP contribution in [0.5, 0.6) is 5.75 Å². The first-order valence-corrected chi connectivity index (χ1v) is 13.1. The lowest BCUT2D eigenvalue weighted by atomic mass is 9.88. The van der Waals surface area contributed by atoms with Crippen molar-refractivity contribution in [2.75, 3.05) is 39.1 Å². The Hall–Kier alpha value is -3.56. The molecule has 0 saturated heterocycles. The number of anilines is 1. The number of para-hydroxylation sites is 1. The molecular formula is C29H38ClN5O4. The van der Waals surface area contributed by atoms with Gasteiger partial charge in [-0.3, -0.25) is 19.1 Å². The van der Waals surface area contributed by atoms with Crippen LogP contribution in [0.25, 0.3) is 5.69 Å². The van der Waals surface area contributed by atoms with E-state index in [1.54, 1.807) is 56.3 Å². The van der Waals surface area contributed by atoms with Gasteiger partial charge in [0.15, 0.2) is 0 Å². The molecule has 2 N–H and O–H groups in total. The lowest BCUT2D eigenvalue weighted by Crippen LogP contribution is -2.37. The lowest BCUT2D eigenvalue weighted by molar-refractivity contribution is -0.118. The summed E-state index contributed by atoms with van der Waals surface area (Å²) in [5, 5.41) is 5.93. The molecule has 2 amide bonds. The predicted molar refractivity (Wildman–Crippen MR) is 155 cm³/mol. The smallest absolute Gasteiger partial charge is 0.295 e. The molecule has 39 heavy (non-hydrogen) atoms. The van der Waals surface area contributed by atoms with Crippen molar-refractivity contribution in [1.29, 1.82) is 0 Å². The van der Waals surface area contributed by atoms with E-state index in [2.05, 4.69) is 10.6 Å². The third kappa shape index (κ3) is 7.74. The fraction of sp³-hybridized carbons (Fsp3) is 0.414. The first-order valence-electron chi connectivity index (χ1n) is 14.2. The molecule has 0 fully saturated rings. The number of hydrogen-bond donors (Lipinski definition) is 2. The summed E-state index contributed by atoms with van der Waals surface area (Å²) in [6.07, 6.45) is 0.148. The maximum atomic E-state index is 13.7. The minimum Gasteiger partial charge on any atom is -0.493 e. The molecule has 0 bridgehead atoms. The third-order valence-corrected chi connectivity index (χ3v) is 6.30. The topological polar surface area (TPSA) is 97.6 Å². The molecule has 0 aliphatic heterocycles. The van der Waals surface area contributed by atoms with Gasteiger partial charge in [0, 0.05) is 42.0 Å². The molecule has 2 aromatic carbocycles. The molecule has 1 aromatic heterocycles. The molecule has 210 valence electrons. The quantitative estimate of drug-likeness (QED) is 0.348. The average Bonchev–Trinajstić information content (AvgIpc) is 3.18. The molecule has 0 aliphatic rings. The number of amides is 2. The molecule has 0 atom stereocenters. The molecule has 0 aliphatic carbocycles. The summed E-state index contributed by atoms with van der Waals surface area (Å²) in [4.78, 5) is 41.8. The first kappa shape index (κ1) is 25.7. The summed E-state index contributed by atoms with van der Waals surface area (Å²) in [5.41, 5.74) is -0.611. The molecule has 9 nitrogen and oxygen atoms in total. The van der Waals surface area contributed by atoms with Crippen LogP contribution in [0.4, 0.5) is 5.69 Å². The molecule has 0 saturated carbocycles. The van der Waals surface area contributed by atoms with E-state index in [0.29, 0.717) is 29.6 Å². The standard InChI is InChI=1S/C29H38ClN5O4/c1-7-39-24-14-13-20(30)17-22(24)27(37)31-19-29(2,3)18-25(36)32-26-23(15-16-33(4)5)34(6)35(28(26)38)21-11-9-8-10-12-21/h8-14,17H,7,15-16,18-19H2,1-6H3,(H,31,37)(H,32,36)/i6D3. The van der Waals surface area contributed by atoms with E-state index in [1.165, 1.54) is 6.07 Å². The molecule has 3 rings (SSSR count). The Bertz CT molecular complexity index is 1470. The van der Waals surface area contributed by atoms with Gasteiger partial charge in [0.2, 0.25) is 5.91 Å². The van der Waals surface area contributed by atoms with E-state index < -0.39 is 29.8 Å². The van der Waals surface area contributed by atoms with E-state index in [4.69, 9.17) is 20.5 Å². The van der Waals surface area contributed by atoms with Crippen molar-refractivity contribution in [3.05, 3.63) is 75.2 Å². The van der Waals surface area contributed by atoms with Crippen LogP contribution in [0.2, 0.25) is 5.02 Å². The van der Waals surface area contributed by atoms with Gasteiger partial charge in [-0.2, -0.15) is 0 Å². The van der Waals surface area contributed by atoms with Crippen LogP contribution in [-0.2, 0) is 18.2 Å². The van der Waals surface area contributed by atoms with Crippen molar-refractivity contribution >= 4 is 29.1 Å². The fourth-order valence-corrected chi connectivity index (χ4v) is 4.26. The van der Waals surface area contributed by atoms with E-state index in [9.17, 15) is 14.4 Å². The van der Waals surface area contributed by atoms with Crippen LogP contribution < -0.4 is 20.9 Å². The maximum absolute atomic E-state index is 13.7. The molecule has 0 unspecified atom stereocenters. The van der Waals surface area contributed by atoms with Gasteiger partial charge < -0.3 is 20.3 Å². The first-order chi connectivity index (χ1) is 19.6. The Morgan fingerprint density at radius 1 is 1.15 bits per heavy atom. The second-order valence-corrected chi connectivity index (χ2v) is 10.7. The maximum Gasteiger partial charge on any atom is 0.295 e. The zero-order valence-corrected chi connectivity index (χ0v) is 23.8. The number of carbonyl (C=O) groups excluding carboxylic acids is 2. The number of aromatic nitrogens is 2. The highest BCUT2D eigenvalue weighted by molar-refractivity contribution is 6.31. The Morgan fingerprint density at radius 2 is 1.87 bits per heavy atom. The summed E-state index contributed by atoms with van der Waals surface area (Å²) in [5.74, 6) is -0.493. The summed E-state index contributed by atoms with van der Waals surface area (Å²) in [6, 6.07) is 13.2. The third-order valence-electron chi connectivity index (χ3n) is 6.06. The molecule has 0 radical (unpaired) electrons. The minimum absolute atomic E-state index is 0.0576. The van der Waals surface area contributed by atoms with Gasteiger partial charge in [-0.05, 0) is 56.8 Å². The van der Waals surface area contributed by atoms with Crippen LogP contribution in [0.15, 0.2) is 53.3 Å². The van der Waals surface area contributed by atoms with Crippen molar-refractivity contribution in [2.45, 2.75) is 33.6 Å². The van der Waals surface area contributed by atoms with Gasteiger partial charge >= 0.3 is 0 Å². The van der Waals surface area contributed by atoms with Crippen LogP contribution in [-0.4, -0.2) is 59.9 Å². The molecule has 1 heterocycles. The second kappa shape index (κ2) is 13.0. The molecular weight excluding hydrogens is 518 g/mol. The number of hydrogen-bond acceptors (Lipinski definition) is 5. The number of halogens is 1. The van der Waals surface area contributed by atoms with Crippen LogP contribution in [0, 0.1) is 5.41 Å². The Balaban J connectivity index is 1.87. The summed E-state index contributed by atoms with van der Waals surface area (Å²) in [6.45, 7) is 3.68. The Kier molecular flexibility index (Phi) is 8.56. The van der Waals surface area contributed by atoms with Gasteiger partial charge in [-0.15, -0.1) is 0 Å². The second-order valence-electron chi connectivity index (χ2n) is 10.3. The highest BCUT2D eigenvalue weighted by atomic mass is 35.5. The SMILES string of the molecule is [2H]C([2H])([2H])n1c(CCN(C)C)c(NC(=O)CC(C)(C)CNC(=O)c2cc(Cl)ccc2OCC)c(=O)n1-c1ccccc1. The van der Waals surface area contributed by atoms with Gasteiger partial charge in [0.05, 0.1) is 23.6 Å². The van der Waals surface area contributed by atoms with Gasteiger partial charge in [0.25, 0.3) is 11.5 Å². The van der Waals surface area contributed by atoms with Crippen LogP contribution in [0.3, 0.4) is 0 Å². The zero-order chi connectivity index (χ0) is 31.2. The molecule has 0 spiro atoms. The normalized spacial score (nSPS) is 12.9. The minimum atomic E-state index is -2.69. The Morgan fingerprint density at radius 3 is 2.51 bits per heavy atom.